The molecule has 156 valence electrons. The lowest BCUT2D eigenvalue weighted by Crippen LogP contribution is -2.13. The van der Waals surface area contributed by atoms with E-state index >= 15 is 0 Å². The lowest BCUT2D eigenvalue weighted by molar-refractivity contribution is -0.112. The zero-order chi connectivity index (χ0) is 22.5. The van der Waals surface area contributed by atoms with Gasteiger partial charge in [0.15, 0.2) is 0 Å². The summed E-state index contributed by atoms with van der Waals surface area (Å²) in [6.45, 7) is 4.01. The number of carbonyl (C=O) groups is 1. The number of nitriles is 1. The van der Waals surface area contributed by atoms with Gasteiger partial charge in [-0.15, -0.1) is 0 Å². The molecule has 0 saturated carbocycles. The molecule has 4 heteroatoms. The van der Waals surface area contributed by atoms with Gasteiger partial charge in [0, 0.05) is 22.6 Å². The first-order chi connectivity index (χ1) is 15.6. The monoisotopic (exact) mass is 417 g/mol. The topological polar surface area (TPSA) is 57.8 Å². The Balaban J connectivity index is 1.80. The normalized spacial score (nSPS) is 11.1. The molecular formula is C28H23N3O. The van der Waals surface area contributed by atoms with Crippen LogP contribution in [0.5, 0.6) is 0 Å². The van der Waals surface area contributed by atoms with Crippen molar-refractivity contribution in [2.75, 3.05) is 5.32 Å². The predicted octanol–water partition coefficient (Wildman–Crippen LogP) is 6.31. The molecule has 0 aliphatic carbocycles. The second kappa shape index (κ2) is 9.20. The van der Waals surface area contributed by atoms with E-state index in [-0.39, 0.29) is 5.57 Å². The molecule has 0 bridgehead atoms. The minimum absolute atomic E-state index is 0.0490. The summed E-state index contributed by atoms with van der Waals surface area (Å²) in [5.41, 5.74) is 6.59. The lowest BCUT2D eigenvalue weighted by Gasteiger charge is -2.13. The SMILES string of the molecule is Cc1ccc(NC(=O)/C(C#N)=C\c2cc(C)n(-c3ccccc3)c2-c2ccccc2)cc1. The molecule has 0 aliphatic heterocycles. The molecule has 4 nitrogen and oxygen atoms in total. The maximum Gasteiger partial charge on any atom is 0.266 e. The largest absolute Gasteiger partial charge is 0.321 e. The van der Waals surface area contributed by atoms with E-state index in [2.05, 4.69) is 16.0 Å². The van der Waals surface area contributed by atoms with Gasteiger partial charge in [-0.1, -0.05) is 66.2 Å². The van der Waals surface area contributed by atoms with Gasteiger partial charge in [0.2, 0.25) is 0 Å². The smallest absolute Gasteiger partial charge is 0.266 e. The maximum absolute atomic E-state index is 12.8. The van der Waals surface area contributed by atoms with Crippen LogP contribution in [-0.4, -0.2) is 10.5 Å². The van der Waals surface area contributed by atoms with Gasteiger partial charge in [-0.2, -0.15) is 5.26 Å². The molecule has 0 radical (unpaired) electrons. The van der Waals surface area contributed by atoms with Crippen LogP contribution in [0.2, 0.25) is 0 Å². The number of benzene rings is 3. The van der Waals surface area contributed by atoms with Crippen LogP contribution in [-0.2, 0) is 4.79 Å². The minimum atomic E-state index is -0.430. The van der Waals surface area contributed by atoms with E-state index in [0.29, 0.717) is 5.69 Å². The summed E-state index contributed by atoms with van der Waals surface area (Å²) in [6, 6.07) is 31.6. The number of anilines is 1. The first kappa shape index (κ1) is 20.9. The number of rotatable bonds is 5. The van der Waals surface area contributed by atoms with Crippen LogP contribution < -0.4 is 5.32 Å². The van der Waals surface area contributed by atoms with Gasteiger partial charge < -0.3 is 9.88 Å². The standard InChI is InChI=1S/C28H23N3O/c1-20-13-15-25(16-14-20)30-28(32)24(19-29)18-23-17-21(2)31(26-11-7-4-8-12-26)27(23)22-9-5-3-6-10-22/h3-18H,1-2H3,(H,30,32)/b24-18-. The fourth-order valence-corrected chi connectivity index (χ4v) is 3.71. The van der Waals surface area contributed by atoms with E-state index in [1.807, 2.05) is 105 Å². The van der Waals surface area contributed by atoms with Crippen molar-refractivity contribution in [3.8, 4) is 23.0 Å². The number of carbonyl (C=O) groups excluding carboxylic acids is 1. The van der Waals surface area contributed by atoms with E-state index < -0.39 is 5.91 Å². The van der Waals surface area contributed by atoms with Crippen LogP contribution in [0.1, 0.15) is 16.8 Å². The van der Waals surface area contributed by atoms with Crippen molar-refractivity contribution in [2.24, 2.45) is 0 Å². The number of aryl methyl sites for hydroxylation is 2. The number of hydrogen-bond donors (Lipinski definition) is 1. The molecule has 32 heavy (non-hydrogen) atoms. The molecule has 0 spiro atoms. The van der Waals surface area contributed by atoms with E-state index in [0.717, 1.165) is 33.8 Å². The fraction of sp³-hybridized carbons (Fsp3) is 0.0714. The van der Waals surface area contributed by atoms with Crippen molar-refractivity contribution in [1.29, 1.82) is 5.26 Å². The van der Waals surface area contributed by atoms with Gasteiger partial charge in [0.05, 0.1) is 5.69 Å². The van der Waals surface area contributed by atoms with Crippen LogP contribution in [0.15, 0.2) is 96.6 Å². The van der Waals surface area contributed by atoms with Gasteiger partial charge >= 0.3 is 0 Å². The van der Waals surface area contributed by atoms with Gasteiger partial charge in [-0.25, -0.2) is 0 Å². The Bertz CT molecular complexity index is 1310. The number of hydrogen-bond acceptors (Lipinski definition) is 2. The summed E-state index contributed by atoms with van der Waals surface area (Å²) in [5.74, 6) is -0.430. The number of nitrogens with one attached hydrogen (secondary N) is 1. The third kappa shape index (κ3) is 4.38. The van der Waals surface area contributed by atoms with Crippen molar-refractivity contribution < 1.29 is 4.79 Å². The number of nitrogens with zero attached hydrogens (tertiary/aromatic N) is 2. The van der Waals surface area contributed by atoms with Crippen LogP contribution in [0.25, 0.3) is 23.0 Å². The zero-order valence-corrected chi connectivity index (χ0v) is 18.0. The Morgan fingerprint density at radius 3 is 2.16 bits per heavy atom. The average molecular weight is 418 g/mol. The molecule has 1 heterocycles. The second-order valence-corrected chi connectivity index (χ2v) is 7.62. The van der Waals surface area contributed by atoms with Crippen LogP contribution in [0.4, 0.5) is 5.69 Å². The molecule has 1 N–H and O–H groups in total. The third-order valence-electron chi connectivity index (χ3n) is 5.25. The van der Waals surface area contributed by atoms with E-state index in [9.17, 15) is 10.1 Å². The number of aromatic nitrogens is 1. The van der Waals surface area contributed by atoms with Gasteiger partial charge in [0.25, 0.3) is 5.91 Å². The Hall–Kier alpha value is -4.36. The average Bonchev–Trinajstić information content (AvgIpc) is 3.15. The minimum Gasteiger partial charge on any atom is -0.321 e. The van der Waals surface area contributed by atoms with Crippen LogP contribution in [0.3, 0.4) is 0 Å². The van der Waals surface area contributed by atoms with Crippen molar-refractivity contribution in [2.45, 2.75) is 13.8 Å². The predicted molar refractivity (Wildman–Crippen MR) is 129 cm³/mol. The van der Waals surface area contributed by atoms with Crippen LogP contribution in [0, 0.1) is 25.2 Å². The highest BCUT2D eigenvalue weighted by Gasteiger charge is 2.17. The number of para-hydroxylation sites is 1. The summed E-state index contributed by atoms with van der Waals surface area (Å²) in [6.07, 6.45) is 1.66. The lowest BCUT2D eigenvalue weighted by atomic mass is 10.0. The van der Waals surface area contributed by atoms with E-state index in [1.165, 1.54) is 0 Å². The molecule has 0 saturated heterocycles. The maximum atomic E-state index is 12.8. The molecule has 1 amide bonds. The second-order valence-electron chi connectivity index (χ2n) is 7.62. The van der Waals surface area contributed by atoms with Gasteiger partial charge in [-0.05, 0) is 55.8 Å². The molecule has 0 fully saturated rings. The van der Waals surface area contributed by atoms with E-state index in [4.69, 9.17) is 0 Å². The highest BCUT2D eigenvalue weighted by Crippen LogP contribution is 2.32. The van der Waals surface area contributed by atoms with Crippen molar-refractivity contribution >= 4 is 17.7 Å². The molecule has 1 aromatic heterocycles. The van der Waals surface area contributed by atoms with Crippen molar-refractivity contribution in [3.63, 3.8) is 0 Å². The zero-order valence-electron chi connectivity index (χ0n) is 18.0. The summed E-state index contributed by atoms with van der Waals surface area (Å²) < 4.78 is 2.15. The first-order valence-corrected chi connectivity index (χ1v) is 10.4. The molecule has 0 atom stereocenters. The first-order valence-electron chi connectivity index (χ1n) is 10.4. The molecular weight excluding hydrogens is 394 g/mol. The van der Waals surface area contributed by atoms with Crippen molar-refractivity contribution in [1.82, 2.24) is 4.57 Å². The Morgan fingerprint density at radius 1 is 0.906 bits per heavy atom. The van der Waals surface area contributed by atoms with Gasteiger partial charge in [0.1, 0.15) is 11.6 Å². The van der Waals surface area contributed by atoms with E-state index in [1.54, 1.807) is 6.08 Å². The highest BCUT2D eigenvalue weighted by molar-refractivity contribution is 6.10. The molecule has 3 aromatic carbocycles. The highest BCUT2D eigenvalue weighted by atomic mass is 16.1. The molecule has 4 rings (SSSR count). The Kier molecular flexibility index (Phi) is 6.00. The quantitative estimate of drug-likeness (QED) is 0.306. The van der Waals surface area contributed by atoms with Gasteiger partial charge in [-0.3, -0.25) is 4.79 Å². The van der Waals surface area contributed by atoms with Crippen LogP contribution >= 0.6 is 0 Å². The summed E-state index contributed by atoms with van der Waals surface area (Å²) >= 11 is 0. The molecule has 0 aliphatic rings. The van der Waals surface area contributed by atoms with Crippen molar-refractivity contribution in [3.05, 3.63) is 113 Å². The summed E-state index contributed by atoms with van der Waals surface area (Å²) in [5, 5.41) is 12.6. The molecule has 0 unspecified atom stereocenters. The Labute approximate surface area is 188 Å². The Morgan fingerprint density at radius 2 is 1.53 bits per heavy atom. The summed E-state index contributed by atoms with van der Waals surface area (Å²) in [4.78, 5) is 12.8. The summed E-state index contributed by atoms with van der Waals surface area (Å²) in [7, 11) is 0. The molecule has 4 aromatic rings. The fourth-order valence-electron chi connectivity index (χ4n) is 3.71. The number of amides is 1. The third-order valence-corrected chi connectivity index (χ3v) is 5.25.